The zero-order chi connectivity index (χ0) is 38.1. The molecule has 0 N–H and O–H groups in total. The number of fused-ring (bicyclic) bond motifs is 16. The number of anilines is 2. The van der Waals surface area contributed by atoms with E-state index in [0.29, 0.717) is 0 Å². The van der Waals surface area contributed by atoms with E-state index < -0.39 is 0 Å². The van der Waals surface area contributed by atoms with Crippen molar-refractivity contribution in [2.45, 2.75) is 58.3 Å². The Bertz CT molecular complexity index is 3450. The van der Waals surface area contributed by atoms with Gasteiger partial charge in [0.2, 0.25) is 0 Å². The average Bonchev–Trinajstić information content (AvgIpc) is 3.78. The van der Waals surface area contributed by atoms with Crippen LogP contribution in [0.3, 0.4) is 0 Å². The molecule has 0 saturated carbocycles. The highest BCUT2D eigenvalue weighted by Crippen LogP contribution is 2.54. The Morgan fingerprint density at radius 2 is 1.25 bits per heavy atom. The second-order valence-corrected chi connectivity index (χ2v) is 19.4. The van der Waals surface area contributed by atoms with E-state index >= 15 is 0 Å². The predicted molar refractivity (Wildman–Crippen MR) is 248 cm³/mol. The van der Waals surface area contributed by atoms with Gasteiger partial charge in [-0.15, -0.1) is 11.3 Å². The monoisotopic (exact) mass is 748 g/mol. The second-order valence-electron chi connectivity index (χ2n) is 18.3. The van der Waals surface area contributed by atoms with E-state index in [1.165, 1.54) is 132 Å². The summed E-state index contributed by atoms with van der Waals surface area (Å²) in [6.45, 7) is 12.2. The van der Waals surface area contributed by atoms with Gasteiger partial charge in [0.25, 0.3) is 0 Å². The van der Waals surface area contributed by atoms with E-state index in [2.05, 4.69) is 177 Å². The number of aryl methyl sites for hydroxylation is 1. The minimum Gasteiger partial charge on any atom is -0.376 e. The maximum atomic E-state index is 2.78. The SMILES string of the molecule is Cc1cc2c(cc1N1B3c4c(cc5ccccc5c4-n4c5c3cccc5c3ccc5ccccc5c34)-c3c1ccc1sc4ccccc4c31)C(C)(C)CCC2(C)C. The van der Waals surface area contributed by atoms with Gasteiger partial charge in [-0.25, -0.2) is 0 Å². The third kappa shape index (κ3) is 4.02. The molecule has 8 aromatic carbocycles. The van der Waals surface area contributed by atoms with E-state index in [1.54, 1.807) is 0 Å². The molecular formula is C53H41BN2S. The summed E-state index contributed by atoms with van der Waals surface area (Å²) < 4.78 is 5.37. The number of hydrogen-bond donors (Lipinski definition) is 0. The van der Waals surface area contributed by atoms with Crippen LogP contribution in [0.2, 0.25) is 0 Å². The lowest BCUT2D eigenvalue weighted by molar-refractivity contribution is 0.332. The highest BCUT2D eigenvalue weighted by atomic mass is 32.1. The molecule has 272 valence electrons. The first-order valence-corrected chi connectivity index (χ1v) is 21.4. The second kappa shape index (κ2) is 10.8. The normalized spacial score (nSPS) is 16.2. The largest absolute Gasteiger partial charge is 0.376 e. The summed E-state index contributed by atoms with van der Waals surface area (Å²) in [4.78, 5) is 2.78. The molecule has 2 nitrogen and oxygen atoms in total. The van der Waals surface area contributed by atoms with Gasteiger partial charge in [0.15, 0.2) is 0 Å². The summed E-state index contributed by atoms with van der Waals surface area (Å²) in [7, 11) is 0. The lowest BCUT2D eigenvalue weighted by Crippen LogP contribution is -2.60. The smallest absolute Gasteiger partial charge is 0.333 e. The van der Waals surface area contributed by atoms with Gasteiger partial charge in [0.1, 0.15) is 0 Å². The summed E-state index contributed by atoms with van der Waals surface area (Å²) in [5.74, 6) is 0. The number of nitrogens with zero attached hydrogens (tertiary/aromatic N) is 2. The Labute approximate surface area is 337 Å². The van der Waals surface area contributed by atoms with Crippen LogP contribution in [0.4, 0.5) is 11.4 Å². The Morgan fingerprint density at radius 3 is 2.07 bits per heavy atom. The van der Waals surface area contributed by atoms with Gasteiger partial charge in [-0.1, -0.05) is 131 Å². The average molecular weight is 749 g/mol. The molecule has 4 heterocycles. The molecule has 3 aliphatic rings. The molecule has 10 aromatic rings. The lowest BCUT2D eigenvalue weighted by Gasteiger charge is -2.46. The third-order valence-corrected chi connectivity index (χ3v) is 15.4. The molecule has 4 heteroatoms. The quantitative estimate of drug-likeness (QED) is 0.152. The molecular weight excluding hydrogens is 707 g/mol. The molecule has 0 unspecified atom stereocenters. The maximum Gasteiger partial charge on any atom is 0.333 e. The first-order valence-electron chi connectivity index (χ1n) is 20.6. The fraction of sp³-hybridized carbons (Fsp3) is 0.170. The number of para-hydroxylation sites is 1. The molecule has 0 atom stereocenters. The summed E-state index contributed by atoms with van der Waals surface area (Å²) in [6, 6.07) is 51.5. The number of thiophene rings is 1. The van der Waals surface area contributed by atoms with Crippen molar-refractivity contribution in [1.29, 1.82) is 0 Å². The highest BCUT2D eigenvalue weighted by Gasteiger charge is 2.46. The van der Waals surface area contributed by atoms with Crippen LogP contribution in [-0.4, -0.2) is 11.4 Å². The van der Waals surface area contributed by atoms with Crippen molar-refractivity contribution in [3.63, 3.8) is 0 Å². The number of benzene rings is 8. The lowest BCUT2D eigenvalue weighted by atomic mass is 9.43. The number of hydrogen-bond acceptors (Lipinski definition) is 2. The van der Waals surface area contributed by atoms with Crippen LogP contribution in [0.25, 0.3) is 80.3 Å². The number of aromatic nitrogens is 1. The minimum absolute atomic E-state index is 0.0299. The van der Waals surface area contributed by atoms with Gasteiger partial charge < -0.3 is 9.38 Å². The van der Waals surface area contributed by atoms with Crippen molar-refractivity contribution >= 4 is 104 Å². The summed E-state index contributed by atoms with van der Waals surface area (Å²) in [5, 5.41) is 10.5. The van der Waals surface area contributed by atoms with Crippen molar-refractivity contribution < 1.29 is 0 Å². The molecule has 2 aliphatic heterocycles. The van der Waals surface area contributed by atoms with E-state index in [4.69, 9.17) is 0 Å². The highest BCUT2D eigenvalue weighted by molar-refractivity contribution is 7.26. The van der Waals surface area contributed by atoms with Gasteiger partial charge in [-0.05, 0) is 105 Å². The van der Waals surface area contributed by atoms with E-state index in [1.807, 2.05) is 11.3 Å². The fourth-order valence-electron chi connectivity index (χ4n) is 11.4. The van der Waals surface area contributed by atoms with Crippen LogP contribution >= 0.6 is 11.3 Å². The molecule has 0 radical (unpaired) electrons. The maximum absolute atomic E-state index is 2.78. The van der Waals surface area contributed by atoms with Gasteiger partial charge in [0.05, 0.1) is 16.7 Å². The van der Waals surface area contributed by atoms with E-state index in [-0.39, 0.29) is 17.7 Å². The molecule has 1 aliphatic carbocycles. The zero-order valence-corrected chi connectivity index (χ0v) is 33.8. The van der Waals surface area contributed by atoms with Crippen molar-refractivity contribution in [2.75, 3.05) is 4.81 Å². The molecule has 0 fully saturated rings. The van der Waals surface area contributed by atoms with Crippen molar-refractivity contribution in [1.82, 2.24) is 4.57 Å². The first kappa shape index (κ1) is 32.3. The minimum atomic E-state index is -0.0299. The topological polar surface area (TPSA) is 8.17 Å². The van der Waals surface area contributed by atoms with Gasteiger partial charge in [-0.3, -0.25) is 0 Å². The third-order valence-electron chi connectivity index (χ3n) is 14.3. The van der Waals surface area contributed by atoms with Gasteiger partial charge in [0, 0.05) is 58.7 Å². The number of rotatable bonds is 1. The van der Waals surface area contributed by atoms with E-state index in [9.17, 15) is 0 Å². The molecule has 2 aromatic heterocycles. The Kier molecular flexibility index (Phi) is 6.09. The van der Waals surface area contributed by atoms with Gasteiger partial charge >= 0.3 is 6.85 Å². The molecule has 0 amide bonds. The van der Waals surface area contributed by atoms with Crippen molar-refractivity contribution in [3.8, 4) is 16.8 Å². The molecule has 0 saturated heterocycles. The molecule has 0 spiro atoms. The summed E-state index contributed by atoms with van der Waals surface area (Å²) >= 11 is 1.92. The first-order chi connectivity index (χ1) is 27.7. The van der Waals surface area contributed by atoms with Crippen LogP contribution in [0.15, 0.2) is 133 Å². The zero-order valence-electron chi connectivity index (χ0n) is 33.0. The van der Waals surface area contributed by atoms with Gasteiger partial charge in [-0.2, -0.15) is 0 Å². The summed E-state index contributed by atoms with van der Waals surface area (Å²) in [6.07, 6.45) is 2.39. The Morgan fingerprint density at radius 1 is 0.561 bits per heavy atom. The fourth-order valence-corrected chi connectivity index (χ4v) is 12.6. The standard InChI is InChI=1S/C53H41BN2S/c1-30-27-39-40(53(4,5)26-25-52(39,2)3)29-43(30)56-42-23-24-45-47(37-17-10-11-20-44(37)57-45)46(42)38-28-32-14-7-9-16-34(32)51-48(38)54(56)41-19-12-18-35-36-22-21-31-13-6-8-15-33(31)49(36)55(51)50(35)41/h6-24,27-29H,25-26H2,1-5H3. The van der Waals surface area contributed by atoms with E-state index in [0.717, 1.165) is 0 Å². The molecule has 0 bridgehead atoms. The van der Waals surface area contributed by atoms with Crippen molar-refractivity contribution in [3.05, 3.63) is 150 Å². The predicted octanol–water partition coefficient (Wildman–Crippen LogP) is 13.4. The van der Waals surface area contributed by atoms with Crippen molar-refractivity contribution in [2.24, 2.45) is 0 Å². The molecule has 57 heavy (non-hydrogen) atoms. The van der Waals surface area contributed by atoms with Crippen LogP contribution in [0.5, 0.6) is 0 Å². The Balaban J connectivity index is 1.27. The van der Waals surface area contributed by atoms with Crippen LogP contribution < -0.4 is 15.7 Å². The van der Waals surface area contributed by atoms with Crippen LogP contribution in [-0.2, 0) is 10.8 Å². The Hall–Kier alpha value is -5.84. The summed E-state index contributed by atoms with van der Waals surface area (Å²) in [5.41, 5.74) is 16.6. The van der Waals surface area contributed by atoms with Crippen LogP contribution in [0.1, 0.15) is 57.2 Å². The van der Waals surface area contributed by atoms with Crippen LogP contribution in [0, 0.1) is 6.92 Å². The molecule has 13 rings (SSSR count).